The molecule has 1 aromatic heterocycles. The average molecular weight is 348 g/mol. The summed E-state index contributed by atoms with van der Waals surface area (Å²) in [5.74, 6) is 1.38. The fourth-order valence-electron chi connectivity index (χ4n) is 3.30. The van der Waals surface area contributed by atoms with Gasteiger partial charge in [0.25, 0.3) is 5.91 Å². The van der Waals surface area contributed by atoms with Crippen molar-refractivity contribution in [3.05, 3.63) is 77.1 Å². The molecule has 1 aliphatic heterocycles. The molecular weight excluding hydrogens is 328 g/mol. The molecule has 0 unspecified atom stereocenters. The van der Waals surface area contributed by atoms with Crippen LogP contribution in [-0.4, -0.2) is 17.3 Å². The number of aromatic nitrogens is 1. The van der Waals surface area contributed by atoms with Gasteiger partial charge in [-0.3, -0.25) is 4.79 Å². The maximum Gasteiger partial charge on any atom is 0.253 e. The van der Waals surface area contributed by atoms with Crippen molar-refractivity contribution in [1.29, 1.82) is 0 Å². The van der Waals surface area contributed by atoms with Crippen molar-refractivity contribution < 1.29 is 14.3 Å². The summed E-state index contributed by atoms with van der Waals surface area (Å²) < 4.78 is 12.8. The molecule has 132 valence electrons. The Balaban J connectivity index is 1.52. The summed E-state index contributed by atoms with van der Waals surface area (Å²) in [4.78, 5) is 12.7. The number of nitrogens with zero attached hydrogens (tertiary/aromatic N) is 1. The summed E-state index contributed by atoms with van der Waals surface area (Å²) in [6.07, 6.45) is 0. The first-order chi connectivity index (χ1) is 12.6. The number of carbonyl (C=O) groups excluding carboxylic acids is 1. The summed E-state index contributed by atoms with van der Waals surface area (Å²) in [5, 5.41) is 2.99. The number of hydrogen-bond acceptors (Lipinski definition) is 3. The van der Waals surface area contributed by atoms with Gasteiger partial charge in [0.2, 0.25) is 6.79 Å². The quantitative estimate of drug-likeness (QED) is 0.781. The van der Waals surface area contributed by atoms with Crippen molar-refractivity contribution in [1.82, 2.24) is 9.88 Å². The Kier molecular flexibility index (Phi) is 4.13. The molecule has 0 aliphatic carbocycles. The normalized spacial score (nSPS) is 12.2. The lowest BCUT2D eigenvalue weighted by Crippen LogP contribution is -2.23. The number of benzene rings is 2. The number of nitrogens with one attached hydrogen (secondary N) is 1. The van der Waals surface area contributed by atoms with Gasteiger partial charge in [0, 0.05) is 23.6 Å². The largest absolute Gasteiger partial charge is 0.454 e. The second-order valence-electron chi connectivity index (χ2n) is 6.33. The minimum atomic E-state index is -0.0852. The highest BCUT2D eigenvalue weighted by atomic mass is 16.7. The smallest absolute Gasteiger partial charge is 0.253 e. The number of carbonyl (C=O) groups is 1. The van der Waals surface area contributed by atoms with Crippen LogP contribution in [0.3, 0.4) is 0 Å². The van der Waals surface area contributed by atoms with Crippen molar-refractivity contribution in [3.63, 3.8) is 0 Å². The molecule has 1 N–H and O–H groups in total. The van der Waals surface area contributed by atoms with Crippen LogP contribution in [0.4, 0.5) is 0 Å². The Labute approximate surface area is 152 Å². The predicted molar refractivity (Wildman–Crippen MR) is 99.0 cm³/mol. The van der Waals surface area contributed by atoms with E-state index in [-0.39, 0.29) is 12.7 Å². The van der Waals surface area contributed by atoms with E-state index in [1.54, 1.807) is 0 Å². The van der Waals surface area contributed by atoms with Crippen LogP contribution in [0.5, 0.6) is 11.5 Å². The molecule has 1 amide bonds. The molecule has 2 heterocycles. The molecule has 3 aromatic rings. The van der Waals surface area contributed by atoms with Crippen LogP contribution >= 0.6 is 0 Å². The van der Waals surface area contributed by atoms with Gasteiger partial charge in [-0.25, -0.2) is 0 Å². The average Bonchev–Trinajstić information content (AvgIpc) is 3.24. The standard InChI is InChI=1S/C21H20N2O3/c1-14-10-18(15(2)23(14)17-6-4-3-5-7-17)21(24)22-12-16-8-9-19-20(11-16)26-13-25-19/h3-11H,12-13H2,1-2H3,(H,22,24). The van der Waals surface area contributed by atoms with Gasteiger partial charge in [0.05, 0.1) is 5.56 Å². The number of para-hydroxylation sites is 1. The first kappa shape index (κ1) is 16.3. The zero-order valence-electron chi connectivity index (χ0n) is 14.8. The van der Waals surface area contributed by atoms with Crippen LogP contribution in [0.2, 0.25) is 0 Å². The number of ether oxygens (including phenoxy) is 2. The Bertz CT molecular complexity index is 961. The molecular formula is C21H20N2O3. The van der Waals surface area contributed by atoms with E-state index in [9.17, 15) is 4.79 Å². The minimum Gasteiger partial charge on any atom is -0.454 e. The molecule has 4 rings (SSSR count). The minimum absolute atomic E-state index is 0.0852. The van der Waals surface area contributed by atoms with Crippen LogP contribution < -0.4 is 14.8 Å². The lowest BCUT2D eigenvalue weighted by molar-refractivity contribution is 0.0950. The SMILES string of the molecule is Cc1cc(C(=O)NCc2ccc3c(c2)OCO3)c(C)n1-c1ccccc1. The molecule has 0 atom stereocenters. The summed E-state index contributed by atoms with van der Waals surface area (Å²) in [6.45, 7) is 4.66. The van der Waals surface area contributed by atoms with E-state index in [0.29, 0.717) is 12.1 Å². The number of amides is 1. The van der Waals surface area contributed by atoms with Gasteiger partial charge in [-0.1, -0.05) is 24.3 Å². The van der Waals surface area contributed by atoms with Crippen molar-refractivity contribution in [2.45, 2.75) is 20.4 Å². The van der Waals surface area contributed by atoms with Crippen LogP contribution in [0.1, 0.15) is 27.3 Å². The zero-order chi connectivity index (χ0) is 18.1. The van der Waals surface area contributed by atoms with Gasteiger partial charge in [0.15, 0.2) is 11.5 Å². The molecule has 0 spiro atoms. The molecule has 0 bridgehead atoms. The molecule has 26 heavy (non-hydrogen) atoms. The van der Waals surface area contributed by atoms with E-state index in [1.807, 2.05) is 68.4 Å². The van der Waals surface area contributed by atoms with Crippen molar-refractivity contribution in [2.24, 2.45) is 0 Å². The fraction of sp³-hybridized carbons (Fsp3) is 0.190. The van der Waals surface area contributed by atoms with Gasteiger partial charge < -0.3 is 19.4 Å². The molecule has 5 heteroatoms. The second-order valence-corrected chi connectivity index (χ2v) is 6.33. The monoisotopic (exact) mass is 348 g/mol. The highest BCUT2D eigenvalue weighted by Crippen LogP contribution is 2.32. The second kappa shape index (κ2) is 6.59. The third kappa shape index (κ3) is 2.92. The van der Waals surface area contributed by atoms with Crippen LogP contribution in [0, 0.1) is 13.8 Å². The van der Waals surface area contributed by atoms with E-state index >= 15 is 0 Å². The first-order valence-corrected chi connectivity index (χ1v) is 8.54. The molecule has 0 radical (unpaired) electrons. The number of hydrogen-bond donors (Lipinski definition) is 1. The molecule has 0 saturated heterocycles. The van der Waals surface area contributed by atoms with Crippen molar-refractivity contribution in [3.8, 4) is 17.2 Å². The van der Waals surface area contributed by atoms with E-state index < -0.39 is 0 Å². The molecule has 0 fully saturated rings. The van der Waals surface area contributed by atoms with Gasteiger partial charge in [0.1, 0.15) is 0 Å². The maximum absolute atomic E-state index is 12.7. The van der Waals surface area contributed by atoms with Crippen LogP contribution in [0.25, 0.3) is 5.69 Å². The van der Waals surface area contributed by atoms with E-state index in [1.165, 1.54) is 0 Å². The van der Waals surface area contributed by atoms with Gasteiger partial charge in [-0.2, -0.15) is 0 Å². The summed E-state index contributed by atoms with van der Waals surface area (Å²) in [6, 6.07) is 17.7. The Morgan fingerprint density at radius 1 is 1.04 bits per heavy atom. The Hall–Kier alpha value is -3.21. The molecule has 1 aliphatic rings. The predicted octanol–water partition coefficient (Wildman–Crippen LogP) is 3.75. The van der Waals surface area contributed by atoms with Crippen LogP contribution in [-0.2, 0) is 6.54 Å². The lowest BCUT2D eigenvalue weighted by atomic mass is 10.2. The van der Waals surface area contributed by atoms with Crippen molar-refractivity contribution in [2.75, 3.05) is 6.79 Å². The van der Waals surface area contributed by atoms with Crippen LogP contribution in [0.15, 0.2) is 54.6 Å². The molecule has 2 aromatic carbocycles. The summed E-state index contributed by atoms with van der Waals surface area (Å²) >= 11 is 0. The highest BCUT2D eigenvalue weighted by Gasteiger charge is 2.17. The Morgan fingerprint density at radius 2 is 1.81 bits per heavy atom. The molecule has 0 saturated carbocycles. The van der Waals surface area contributed by atoms with E-state index in [2.05, 4.69) is 9.88 Å². The molecule has 5 nitrogen and oxygen atoms in total. The van der Waals surface area contributed by atoms with Gasteiger partial charge >= 0.3 is 0 Å². The topological polar surface area (TPSA) is 52.5 Å². The van der Waals surface area contributed by atoms with Gasteiger partial charge in [-0.15, -0.1) is 0 Å². The Morgan fingerprint density at radius 3 is 2.62 bits per heavy atom. The fourth-order valence-corrected chi connectivity index (χ4v) is 3.30. The van der Waals surface area contributed by atoms with E-state index in [0.717, 1.165) is 34.1 Å². The number of fused-ring (bicyclic) bond motifs is 1. The number of rotatable bonds is 4. The zero-order valence-corrected chi connectivity index (χ0v) is 14.8. The van der Waals surface area contributed by atoms with E-state index in [4.69, 9.17) is 9.47 Å². The lowest BCUT2D eigenvalue weighted by Gasteiger charge is -2.10. The number of aryl methyl sites for hydroxylation is 1. The maximum atomic E-state index is 12.7. The third-order valence-electron chi connectivity index (χ3n) is 4.58. The summed E-state index contributed by atoms with van der Waals surface area (Å²) in [7, 11) is 0. The third-order valence-corrected chi connectivity index (χ3v) is 4.58. The first-order valence-electron chi connectivity index (χ1n) is 8.54. The van der Waals surface area contributed by atoms with Crippen molar-refractivity contribution >= 4 is 5.91 Å². The summed E-state index contributed by atoms with van der Waals surface area (Å²) in [5.41, 5.74) is 4.67. The van der Waals surface area contributed by atoms with Gasteiger partial charge in [-0.05, 0) is 49.7 Å². The highest BCUT2D eigenvalue weighted by molar-refractivity contribution is 5.95.